The second kappa shape index (κ2) is 8.67. The number of imidazole rings is 1. The lowest BCUT2D eigenvalue weighted by Gasteiger charge is -2.12. The van der Waals surface area contributed by atoms with Crippen LogP contribution >= 0.6 is 0 Å². The monoisotopic (exact) mass is 437 g/mol. The third kappa shape index (κ3) is 4.71. The van der Waals surface area contributed by atoms with Crippen LogP contribution in [0.1, 0.15) is 46.6 Å². The molecule has 1 N–H and O–H groups in total. The number of hydrogen-bond donors (Lipinski definition) is 1. The van der Waals surface area contributed by atoms with Gasteiger partial charge in [-0.15, -0.1) is 0 Å². The molecule has 0 bridgehead atoms. The smallest absolute Gasteiger partial charge is 0.276 e. The lowest BCUT2D eigenvalue weighted by Crippen LogP contribution is -2.16. The zero-order valence-corrected chi connectivity index (χ0v) is 18.7. The summed E-state index contributed by atoms with van der Waals surface area (Å²) in [7, 11) is -3.17. The van der Waals surface area contributed by atoms with E-state index in [0.29, 0.717) is 16.9 Å². The number of aromatic nitrogens is 2. The molecule has 1 amide bonds. The molecular formula is C24H27N3O3S. The molecule has 1 aliphatic heterocycles. The highest BCUT2D eigenvalue weighted by molar-refractivity contribution is 7.89. The second-order valence-electron chi connectivity index (χ2n) is 8.17. The van der Waals surface area contributed by atoms with Crippen molar-refractivity contribution in [3.63, 3.8) is 0 Å². The summed E-state index contributed by atoms with van der Waals surface area (Å²) in [5.74, 6) is 0.512. The van der Waals surface area contributed by atoms with Crippen molar-refractivity contribution in [2.24, 2.45) is 0 Å². The lowest BCUT2D eigenvalue weighted by atomic mass is 10.1. The summed E-state index contributed by atoms with van der Waals surface area (Å²) in [6.07, 6.45) is 5.25. The van der Waals surface area contributed by atoms with Crippen LogP contribution in [0.25, 0.3) is 11.4 Å². The number of hydrogen-bond acceptors (Lipinski definition) is 4. The summed E-state index contributed by atoms with van der Waals surface area (Å²) >= 11 is 0. The van der Waals surface area contributed by atoms with E-state index in [1.54, 1.807) is 18.2 Å². The van der Waals surface area contributed by atoms with E-state index in [1.165, 1.54) is 6.26 Å². The van der Waals surface area contributed by atoms with Crippen LogP contribution in [0, 0.1) is 6.92 Å². The first-order chi connectivity index (χ1) is 14.8. The van der Waals surface area contributed by atoms with Gasteiger partial charge in [-0.2, -0.15) is 0 Å². The van der Waals surface area contributed by atoms with Gasteiger partial charge in [0.15, 0.2) is 9.84 Å². The van der Waals surface area contributed by atoms with Crippen molar-refractivity contribution in [2.75, 3.05) is 11.6 Å². The van der Waals surface area contributed by atoms with Crippen molar-refractivity contribution in [3.05, 3.63) is 71.0 Å². The molecule has 0 saturated heterocycles. The van der Waals surface area contributed by atoms with Crippen molar-refractivity contribution in [2.45, 2.75) is 44.9 Å². The Kier molecular flexibility index (Phi) is 5.96. The number of fused-ring (bicyclic) bond motifs is 1. The summed E-state index contributed by atoms with van der Waals surface area (Å²) < 4.78 is 25.7. The number of rotatable bonds is 5. The molecular weight excluding hydrogens is 410 g/mol. The number of nitrogens with zero attached hydrogens (tertiary/aromatic N) is 2. The molecule has 0 saturated carbocycles. The Morgan fingerprint density at radius 3 is 2.58 bits per heavy atom. The van der Waals surface area contributed by atoms with E-state index >= 15 is 0 Å². The Balaban J connectivity index is 1.70. The van der Waals surface area contributed by atoms with Crippen LogP contribution in [0.15, 0.2) is 48.5 Å². The zero-order chi connectivity index (χ0) is 22.0. The fourth-order valence-electron chi connectivity index (χ4n) is 4.15. The Morgan fingerprint density at radius 1 is 1.06 bits per heavy atom. The van der Waals surface area contributed by atoms with Gasteiger partial charge in [-0.05, 0) is 43.4 Å². The fraction of sp³-hybridized carbons (Fsp3) is 0.333. The summed E-state index contributed by atoms with van der Waals surface area (Å²) in [6.45, 7) is 2.68. The third-order valence-electron chi connectivity index (χ3n) is 5.73. The van der Waals surface area contributed by atoms with Crippen molar-refractivity contribution in [3.8, 4) is 11.4 Å². The standard InChI is InChI=1S/C24H27N3O3S/c1-17-19(16-31(2,29)30)12-9-13-20(17)25-24(28)22-21-14-7-4-8-15-27(21)23(26-22)18-10-5-3-6-11-18/h3,5-6,9-13H,4,7-8,14-16H2,1-2H3,(H,25,28). The number of benzene rings is 2. The predicted octanol–water partition coefficient (Wildman–Crippen LogP) is 4.38. The van der Waals surface area contributed by atoms with Crippen molar-refractivity contribution >= 4 is 21.4 Å². The van der Waals surface area contributed by atoms with Gasteiger partial charge in [-0.1, -0.05) is 48.9 Å². The summed E-state index contributed by atoms with van der Waals surface area (Å²) in [5, 5.41) is 2.98. The predicted molar refractivity (Wildman–Crippen MR) is 123 cm³/mol. The average molecular weight is 438 g/mol. The second-order valence-corrected chi connectivity index (χ2v) is 10.3. The molecule has 6 nitrogen and oxygen atoms in total. The molecule has 1 aromatic heterocycles. The summed E-state index contributed by atoms with van der Waals surface area (Å²) in [5.41, 5.74) is 4.48. The Bertz CT molecular complexity index is 1210. The average Bonchev–Trinajstić information content (AvgIpc) is 2.92. The van der Waals surface area contributed by atoms with Gasteiger partial charge in [-0.3, -0.25) is 4.79 Å². The highest BCUT2D eigenvalue weighted by Crippen LogP contribution is 2.28. The molecule has 2 heterocycles. The number of carbonyl (C=O) groups is 1. The first-order valence-electron chi connectivity index (χ1n) is 10.6. The minimum atomic E-state index is -3.17. The molecule has 31 heavy (non-hydrogen) atoms. The van der Waals surface area contributed by atoms with Gasteiger partial charge in [0.25, 0.3) is 5.91 Å². The molecule has 0 fully saturated rings. The van der Waals surface area contributed by atoms with E-state index in [2.05, 4.69) is 9.88 Å². The van der Waals surface area contributed by atoms with Gasteiger partial charge in [-0.25, -0.2) is 13.4 Å². The minimum absolute atomic E-state index is 0.0550. The zero-order valence-electron chi connectivity index (χ0n) is 17.9. The third-order valence-corrected chi connectivity index (χ3v) is 6.56. The molecule has 0 spiro atoms. The molecule has 7 heteroatoms. The molecule has 4 rings (SSSR count). The van der Waals surface area contributed by atoms with Crippen molar-refractivity contribution in [1.29, 1.82) is 0 Å². The molecule has 0 aliphatic carbocycles. The van der Waals surface area contributed by atoms with Gasteiger partial charge in [0.05, 0.1) is 11.4 Å². The molecule has 0 atom stereocenters. The van der Waals surface area contributed by atoms with Gasteiger partial charge < -0.3 is 9.88 Å². The van der Waals surface area contributed by atoms with E-state index in [-0.39, 0.29) is 11.7 Å². The van der Waals surface area contributed by atoms with Crippen LogP contribution in [-0.4, -0.2) is 30.1 Å². The minimum Gasteiger partial charge on any atom is -0.327 e. The van der Waals surface area contributed by atoms with Crippen LogP contribution < -0.4 is 5.32 Å². The lowest BCUT2D eigenvalue weighted by molar-refractivity contribution is 0.102. The maximum Gasteiger partial charge on any atom is 0.276 e. The number of anilines is 1. The number of nitrogens with one attached hydrogen (secondary N) is 1. The largest absolute Gasteiger partial charge is 0.327 e. The number of amides is 1. The van der Waals surface area contributed by atoms with Gasteiger partial charge in [0, 0.05) is 24.1 Å². The fourth-order valence-corrected chi connectivity index (χ4v) is 5.03. The van der Waals surface area contributed by atoms with Gasteiger partial charge >= 0.3 is 0 Å². The van der Waals surface area contributed by atoms with Crippen molar-refractivity contribution in [1.82, 2.24) is 9.55 Å². The SMILES string of the molecule is Cc1c(CS(C)(=O)=O)cccc1NC(=O)c1nc(-c2ccccc2)n2c1CCCCC2. The normalized spacial score (nSPS) is 14.0. The summed E-state index contributed by atoms with van der Waals surface area (Å²) in [6, 6.07) is 15.3. The maximum atomic E-state index is 13.3. The Morgan fingerprint density at radius 2 is 1.84 bits per heavy atom. The van der Waals surface area contributed by atoms with Crippen LogP contribution in [-0.2, 0) is 28.6 Å². The van der Waals surface area contributed by atoms with Crippen LogP contribution in [0.4, 0.5) is 5.69 Å². The topological polar surface area (TPSA) is 81.1 Å². The van der Waals surface area contributed by atoms with E-state index in [1.807, 2.05) is 37.3 Å². The molecule has 0 radical (unpaired) electrons. The van der Waals surface area contributed by atoms with Gasteiger partial charge in [0.2, 0.25) is 0 Å². The highest BCUT2D eigenvalue weighted by Gasteiger charge is 2.25. The van der Waals surface area contributed by atoms with E-state index in [0.717, 1.165) is 54.9 Å². The molecule has 162 valence electrons. The van der Waals surface area contributed by atoms with Crippen molar-refractivity contribution < 1.29 is 13.2 Å². The van der Waals surface area contributed by atoms with E-state index in [9.17, 15) is 13.2 Å². The van der Waals surface area contributed by atoms with E-state index in [4.69, 9.17) is 4.98 Å². The molecule has 0 unspecified atom stereocenters. The van der Waals surface area contributed by atoms with Crippen LogP contribution in [0.3, 0.4) is 0 Å². The van der Waals surface area contributed by atoms with Gasteiger partial charge in [0.1, 0.15) is 11.5 Å². The first kappa shape index (κ1) is 21.3. The Labute approximate surface area is 183 Å². The first-order valence-corrected chi connectivity index (χ1v) is 12.6. The van der Waals surface area contributed by atoms with E-state index < -0.39 is 9.84 Å². The highest BCUT2D eigenvalue weighted by atomic mass is 32.2. The maximum absolute atomic E-state index is 13.3. The Hall–Kier alpha value is -2.93. The number of sulfone groups is 1. The summed E-state index contributed by atoms with van der Waals surface area (Å²) in [4.78, 5) is 18.1. The van der Waals surface area contributed by atoms with Crippen LogP contribution in [0.2, 0.25) is 0 Å². The molecule has 2 aromatic carbocycles. The quantitative estimate of drug-likeness (QED) is 0.642. The van der Waals surface area contributed by atoms with Crippen LogP contribution in [0.5, 0.6) is 0 Å². The molecule has 3 aromatic rings. The number of carbonyl (C=O) groups excluding carboxylic acids is 1. The molecule has 1 aliphatic rings.